The van der Waals surface area contributed by atoms with Crippen LogP contribution in [0.3, 0.4) is 0 Å². The monoisotopic (exact) mass is 250 g/mol. The third kappa shape index (κ3) is 1.80. The molecule has 0 spiro atoms. The molecular weight excluding hydrogens is 230 g/mol. The van der Waals surface area contributed by atoms with Crippen molar-refractivity contribution >= 4 is 0 Å². The number of hydrogen-bond donors (Lipinski definition) is 0. The summed E-state index contributed by atoms with van der Waals surface area (Å²) >= 11 is 0. The molecule has 1 aliphatic heterocycles. The van der Waals surface area contributed by atoms with Crippen LogP contribution in [0.25, 0.3) is 11.3 Å². The molecule has 0 unspecified atom stereocenters. The minimum atomic E-state index is 1.20. The Bertz CT molecular complexity index is 613. The first-order valence-electron chi connectivity index (χ1n) is 7.56. The van der Waals surface area contributed by atoms with Gasteiger partial charge in [0.2, 0.25) is 5.69 Å². The van der Waals surface area contributed by atoms with Crippen LogP contribution in [0.1, 0.15) is 36.1 Å². The van der Waals surface area contributed by atoms with Crippen molar-refractivity contribution in [2.24, 2.45) is 0 Å². The molecule has 1 aromatic carbocycles. The number of pyridine rings is 1. The van der Waals surface area contributed by atoms with Crippen LogP contribution < -0.4 is 4.57 Å². The van der Waals surface area contributed by atoms with Gasteiger partial charge in [-0.05, 0) is 43.4 Å². The third-order valence-corrected chi connectivity index (χ3v) is 4.65. The summed E-state index contributed by atoms with van der Waals surface area (Å²) in [6.45, 7) is 1.20. The fourth-order valence-corrected chi connectivity index (χ4v) is 3.76. The molecule has 2 heterocycles. The Morgan fingerprint density at radius 3 is 2.58 bits per heavy atom. The van der Waals surface area contributed by atoms with Crippen molar-refractivity contribution in [1.29, 1.82) is 0 Å². The Kier molecular flexibility index (Phi) is 2.65. The minimum Gasteiger partial charge on any atom is -0.195 e. The molecule has 1 aromatic heterocycles. The van der Waals surface area contributed by atoms with Gasteiger partial charge >= 0.3 is 0 Å². The first-order valence-corrected chi connectivity index (χ1v) is 7.56. The van der Waals surface area contributed by atoms with Gasteiger partial charge in [0.05, 0.1) is 0 Å². The molecule has 0 N–H and O–H groups in total. The number of hydrogen-bond acceptors (Lipinski definition) is 0. The highest BCUT2D eigenvalue weighted by atomic mass is 15.0. The largest absolute Gasteiger partial charge is 0.212 e. The maximum atomic E-state index is 2.58. The summed E-state index contributed by atoms with van der Waals surface area (Å²) in [6.07, 6.45) is 7.93. The van der Waals surface area contributed by atoms with E-state index in [4.69, 9.17) is 0 Å². The first kappa shape index (κ1) is 11.2. The topological polar surface area (TPSA) is 3.88 Å². The van der Waals surface area contributed by atoms with Crippen LogP contribution in [-0.4, -0.2) is 0 Å². The Labute approximate surface area is 114 Å². The van der Waals surface area contributed by atoms with Crippen molar-refractivity contribution in [3.05, 3.63) is 53.2 Å². The number of rotatable bonds is 1. The normalized spacial score (nSPS) is 17.1. The van der Waals surface area contributed by atoms with Gasteiger partial charge in [-0.25, -0.2) is 0 Å². The Balaban J connectivity index is 1.95. The van der Waals surface area contributed by atoms with Gasteiger partial charge in [0.15, 0.2) is 5.69 Å². The van der Waals surface area contributed by atoms with Crippen LogP contribution in [0.2, 0.25) is 0 Å². The van der Waals surface area contributed by atoms with Crippen LogP contribution in [0.15, 0.2) is 36.4 Å². The fraction of sp³-hybridized carbons (Fsp3) is 0.389. The fourth-order valence-electron chi connectivity index (χ4n) is 3.76. The van der Waals surface area contributed by atoms with E-state index in [9.17, 15) is 0 Å². The van der Waals surface area contributed by atoms with Gasteiger partial charge in [-0.1, -0.05) is 18.2 Å². The highest BCUT2D eigenvalue weighted by Gasteiger charge is 2.30. The Morgan fingerprint density at radius 2 is 1.68 bits per heavy atom. The van der Waals surface area contributed by atoms with E-state index >= 15 is 0 Å². The molecule has 0 saturated carbocycles. The SMILES string of the molecule is c1ccc(-c2cc3c(c4[n+]2CCC4)CCCC3)cc1. The summed E-state index contributed by atoms with van der Waals surface area (Å²) in [5, 5.41) is 0. The number of aryl methyl sites for hydroxylation is 1. The zero-order valence-corrected chi connectivity index (χ0v) is 11.4. The molecule has 96 valence electrons. The second kappa shape index (κ2) is 4.48. The molecule has 1 aliphatic carbocycles. The molecule has 2 aromatic rings. The van der Waals surface area contributed by atoms with E-state index in [1.807, 2.05) is 0 Å². The maximum Gasteiger partial charge on any atom is 0.212 e. The van der Waals surface area contributed by atoms with Crippen LogP contribution >= 0.6 is 0 Å². The summed E-state index contributed by atoms with van der Waals surface area (Å²) in [5.41, 5.74) is 7.76. The number of fused-ring (bicyclic) bond motifs is 3. The predicted octanol–water partition coefficient (Wildman–Crippen LogP) is 3.47. The number of nitrogens with zero attached hydrogens (tertiary/aromatic N) is 1. The van der Waals surface area contributed by atoms with E-state index < -0.39 is 0 Å². The maximum absolute atomic E-state index is 2.58. The second-order valence-electron chi connectivity index (χ2n) is 5.81. The van der Waals surface area contributed by atoms with E-state index in [1.54, 1.807) is 16.8 Å². The van der Waals surface area contributed by atoms with Crippen molar-refractivity contribution in [3.8, 4) is 11.3 Å². The van der Waals surface area contributed by atoms with Crippen molar-refractivity contribution < 1.29 is 4.57 Å². The molecule has 0 amide bonds. The number of aromatic nitrogens is 1. The molecule has 0 bridgehead atoms. The lowest BCUT2D eigenvalue weighted by molar-refractivity contribution is -0.680. The van der Waals surface area contributed by atoms with Crippen molar-refractivity contribution in [1.82, 2.24) is 0 Å². The smallest absolute Gasteiger partial charge is 0.195 e. The van der Waals surface area contributed by atoms with Gasteiger partial charge in [-0.2, -0.15) is 4.57 Å². The zero-order valence-electron chi connectivity index (χ0n) is 11.4. The lowest BCUT2D eigenvalue weighted by Gasteiger charge is -2.17. The summed E-state index contributed by atoms with van der Waals surface area (Å²) in [4.78, 5) is 0. The van der Waals surface area contributed by atoms with Gasteiger partial charge in [0, 0.05) is 30.0 Å². The van der Waals surface area contributed by atoms with E-state index in [0.29, 0.717) is 0 Å². The molecular formula is C18H20N+. The van der Waals surface area contributed by atoms with Gasteiger partial charge in [0.1, 0.15) is 6.54 Å². The highest BCUT2D eigenvalue weighted by molar-refractivity contribution is 5.58. The molecule has 1 nitrogen and oxygen atoms in total. The van der Waals surface area contributed by atoms with Crippen molar-refractivity contribution in [3.63, 3.8) is 0 Å². The highest BCUT2D eigenvalue weighted by Crippen LogP contribution is 2.29. The summed E-state index contributed by atoms with van der Waals surface area (Å²) in [5.74, 6) is 0. The predicted molar refractivity (Wildman–Crippen MR) is 77.0 cm³/mol. The average Bonchev–Trinajstić information content (AvgIpc) is 2.97. The van der Waals surface area contributed by atoms with Crippen LogP contribution in [0, 0.1) is 0 Å². The number of benzene rings is 1. The molecule has 0 fully saturated rings. The van der Waals surface area contributed by atoms with E-state index in [1.165, 1.54) is 56.3 Å². The molecule has 4 rings (SSSR count). The van der Waals surface area contributed by atoms with E-state index in [-0.39, 0.29) is 0 Å². The van der Waals surface area contributed by atoms with Crippen molar-refractivity contribution in [2.75, 3.05) is 0 Å². The van der Waals surface area contributed by atoms with Gasteiger partial charge < -0.3 is 0 Å². The third-order valence-electron chi connectivity index (χ3n) is 4.65. The van der Waals surface area contributed by atoms with E-state index in [0.717, 1.165) is 0 Å². The summed E-state index contributed by atoms with van der Waals surface area (Å²) in [7, 11) is 0. The molecule has 0 atom stereocenters. The van der Waals surface area contributed by atoms with Gasteiger partial charge in [-0.3, -0.25) is 0 Å². The van der Waals surface area contributed by atoms with Crippen molar-refractivity contribution in [2.45, 2.75) is 45.1 Å². The van der Waals surface area contributed by atoms with Crippen LogP contribution in [0.4, 0.5) is 0 Å². The lowest BCUT2D eigenvalue weighted by Crippen LogP contribution is -2.38. The standard InChI is InChI=1S/C18H20N/c1-2-7-14(8-3-1)18-13-15-9-4-5-10-16(15)17-11-6-12-19(17)18/h1-3,7-8,13H,4-6,9-12H2/q+1. The first-order chi connectivity index (χ1) is 9.43. The summed E-state index contributed by atoms with van der Waals surface area (Å²) < 4.78 is 2.58. The summed E-state index contributed by atoms with van der Waals surface area (Å²) in [6, 6.07) is 13.4. The molecule has 1 heteroatoms. The molecule has 19 heavy (non-hydrogen) atoms. The Hall–Kier alpha value is -1.63. The Morgan fingerprint density at radius 1 is 0.842 bits per heavy atom. The van der Waals surface area contributed by atoms with Crippen LogP contribution in [-0.2, 0) is 25.8 Å². The van der Waals surface area contributed by atoms with E-state index in [2.05, 4.69) is 41.0 Å². The zero-order chi connectivity index (χ0) is 12.7. The lowest BCUT2D eigenvalue weighted by atomic mass is 9.89. The molecule has 0 radical (unpaired) electrons. The minimum absolute atomic E-state index is 1.20. The molecule has 2 aliphatic rings. The molecule has 0 saturated heterocycles. The second-order valence-corrected chi connectivity index (χ2v) is 5.81. The van der Waals surface area contributed by atoms with Gasteiger partial charge in [0.25, 0.3) is 0 Å². The van der Waals surface area contributed by atoms with Gasteiger partial charge in [-0.15, -0.1) is 0 Å². The quantitative estimate of drug-likeness (QED) is 0.682. The average molecular weight is 250 g/mol. The van der Waals surface area contributed by atoms with Crippen LogP contribution in [0.5, 0.6) is 0 Å².